The van der Waals surface area contributed by atoms with Crippen molar-refractivity contribution in [2.24, 2.45) is 5.92 Å². The van der Waals surface area contributed by atoms with Crippen LogP contribution in [-0.2, 0) is 22.6 Å². The fraction of sp³-hybridized carbons (Fsp3) is 0.391. The first-order valence-electron chi connectivity index (χ1n) is 10.1. The summed E-state index contributed by atoms with van der Waals surface area (Å²) in [5.41, 5.74) is 1.42. The number of hydrogen-bond donors (Lipinski definition) is 1. The van der Waals surface area contributed by atoms with Crippen molar-refractivity contribution in [1.82, 2.24) is 10.2 Å². The van der Waals surface area contributed by atoms with E-state index >= 15 is 0 Å². The summed E-state index contributed by atoms with van der Waals surface area (Å²) in [5, 5.41) is 4.66. The summed E-state index contributed by atoms with van der Waals surface area (Å²) in [4.78, 5) is 27.8. The fourth-order valence-electron chi connectivity index (χ4n) is 3.11. The molecule has 0 aliphatic carbocycles. The Morgan fingerprint density at radius 1 is 0.968 bits per heavy atom. The van der Waals surface area contributed by atoms with Gasteiger partial charge >= 0.3 is 0 Å². The minimum absolute atomic E-state index is 0.0469. The number of rotatable bonds is 9. The van der Waals surface area contributed by atoms with Crippen molar-refractivity contribution in [3.8, 4) is 0 Å². The molecule has 0 aliphatic heterocycles. The first kappa shape index (κ1) is 25.8. The van der Waals surface area contributed by atoms with E-state index in [-0.39, 0.29) is 24.8 Å². The van der Waals surface area contributed by atoms with Crippen LogP contribution in [-0.4, -0.2) is 29.3 Å². The topological polar surface area (TPSA) is 49.4 Å². The van der Waals surface area contributed by atoms with E-state index in [1.807, 2.05) is 20.8 Å². The third kappa shape index (κ3) is 7.57. The van der Waals surface area contributed by atoms with Crippen LogP contribution in [0.2, 0.25) is 20.1 Å². The number of halogens is 4. The van der Waals surface area contributed by atoms with Crippen molar-refractivity contribution in [2.75, 3.05) is 6.54 Å². The zero-order valence-electron chi connectivity index (χ0n) is 17.7. The predicted octanol–water partition coefficient (Wildman–Crippen LogP) is 6.42. The number of benzene rings is 2. The number of carbonyl (C=O) groups is 2. The van der Waals surface area contributed by atoms with Crippen molar-refractivity contribution >= 4 is 58.2 Å². The van der Waals surface area contributed by atoms with Gasteiger partial charge in [-0.3, -0.25) is 9.59 Å². The van der Waals surface area contributed by atoms with Gasteiger partial charge < -0.3 is 10.2 Å². The van der Waals surface area contributed by atoms with E-state index in [9.17, 15) is 9.59 Å². The van der Waals surface area contributed by atoms with E-state index in [4.69, 9.17) is 46.4 Å². The van der Waals surface area contributed by atoms with Crippen LogP contribution in [0.15, 0.2) is 36.4 Å². The Morgan fingerprint density at radius 2 is 1.68 bits per heavy atom. The minimum Gasteiger partial charge on any atom is -0.354 e. The zero-order valence-corrected chi connectivity index (χ0v) is 20.7. The van der Waals surface area contributed by atoms with E-state index in [0.29, 0.717) is 44.5 Å². The number of carbonyl (C=O) groups excluding carboxylic acids is 2. The Bertz CT molecular complexity index is 934. The van der Waals surface area contributed by atoms with E-state index in [2.05, 4.69) is 5.32 Å². The van der Waals surface area contributed by atoms with Crippen molar-refractivity contribution in [3.63, 3.8) is 0 Å². The van der Waals surface area contributed by atoms with Gasteiger partial charge in [-0.25, -0.2) is 0 Å². The molecule has 0 radical (unpaired) electrons. The van der Waals surface area contributed by atoms with Crippen LogP contribution in [0.4, 0.5) is 0 Å². The average Bonchev–Trinajstić information content (AvgIpc) is 2.70. The molecule has 31 heavy (non-hydrogen) atoms. The van der Waals surface area contributed by atoms with Crippen LogP contribution in [0.25, 0.3) is 0 Å². The number of amides is 2. The van der Waals surface area contributed by atoms with Crippen LogP contribution in [0.5, 0.6) is 0 Å². The van der Waals surface area contributed by atoms with Crippen molar-refractivity contribution < 1.29 is 9.59 Å². The molecule has 2 amide bonds. The number of nitrogens with one attached hydrogen (secondary N) is 1. The minimum atomic E-state index is -0.633. The lowest BCUT2D eigenvalue weighted by Crippen LogP contribution is -2.50. The Labute approximate surface area is 203 Å². The molecule has 0 spiro atoms. The summed E-state index contributed by atoms with van der Waals surface area (Å²) in [6.45, 7) is 6.66. The molecule has 2 rings (SSSR count). The molecule has 2 aromatic carbocycles. The summed E-state index contributed by atoms with van der Waals surface area (Å²) in [5.74, 6) is -0.109. The average molecular weight is 504 g/mol. The zero-order chi connectivity index (χ0) is 23.1. The van der Waals surface area contributed by atoms with E-state index in [0.717, 1.165) is 5.56 Å². The Balaban J connectivity index is 2.33. The molecular formula is C23H26Cl4N2O2. The van der Waals surface area contributed by atoms with Gasteiger partial charge in [-0.1, -0.05) is 79.3 Å². The molecule has 0 heterocycles. The molecule has 8 heteroatoms. The SMILES string of the molecule is CC[C@@H](C(=O)NCC(C)C)N(Cc1ccc(Cl)c(Cl)c1)C(=O)Cc1ccc(Cl)cc1Cl. The summed E-state index contributed by atoms with van der Waals surface area (Å²) < 4.78 is 0. The highest BCUT2D eigenvalue weighted by molar-refractivity contribution is 6.42. The quantitative estimate of drug-likeness (QED) is 0.429. The van der Waals surface area contributed by atoms with Crippen molar-refractivity contribution in [3.05, 3.63) is 67.6 Å². The highest BCUT2D eigenvalue weighted by atomic mass is 35.5. The third-order valence-electron chi connectivity index (χ3n) is 4.76. The first-order chi connectivity index (χ1) is 14.6. The molecule has 0 unspecified atom stereocenters. The first-order valence-corrected chi connectivity index (χ1v) is 11.6. The molecule has 0 fully saturated rings. The Hall–Kier alpha value is -1.46. The van der Waals surface area contributed by atoms with Gasteiger partial charge in [0.25, 0.3) is 0 Å². The predicted molar refractivity (Wildman–Crippen MR) is 129 cm³/mol. The highest BCUT2D eigenvalue weighted by Crippen LogP contribution is 2.26. The number of hydrogen-bond acceptors (Lipinski definition) is 2. The van der Waals surface area contributed by atoms with Gasteiger partial charge in [-0.15, -0.1) is 0 Å². The summed E-state index contributed by atoms with van der Waals surface area (Å²) in [6.07, 6.45) is 0.511. The van der Waals surface area contributed by atoms with Gasteiger partial charge in [0.15, 0.2) is 0 Å². The molecular weight excluding hydrogens is 478 g/mol. The van der Waals surface area contributed by atoms with Gasteiger partial charge in [-0.05, 0) is 47.7 Å². The second-order valence-electron chi connectivity index (χ2n) is 7.75. The van der Waals surface area contributed by atoms with Crippen LogP contribution < -0.4 is 5.32 Å². The normalized spacial score (nSPS) is 12.0. The summed E-state index contributed by atoms with van der Waals surface area (Å²) in [6, 6.07) is 9.55. The summed E-state index contributed by atoms with van der Waals surface area (Å²) in [7, 11) is 0. The van der Waals surface area contributed by atoms with Gasteiger partial charge in [0.05, 0.1) is 16.5 Å². The monoisotopic (exact) mass is 502 g/mol. The third-order valence-corrected chi connectivity index (χ3v) is 6.09. The van der Waals surface area contributed by atoms with Crippen LogP contribution in [0.1, 0.15) is 38.3 Å². The van der Waals surface area contributed by atoms with E-state index in [1.54, 1.807) is 41.3 Å². The molecule has 168 valence electrons. The van der Waals surface area contributed by atoms with Gasteiger partial charge in [0, 0.05) is 23.1 Å². The van der Waals surface area contributed by atoms with Gasteiger partial charge in [-0.2, -0.15) is 0 Å². The molecule has 0 aliphatic rings. The molecule has 1 atom stereocenters. The molecule has 0 bridgehead atoms. The van der Waals surface area contributed by atoms with E-state index < -0.39 is 6.04 Å². The lowest BCUT2D eigenvalue weighted by molar-refractivity contribution is -0.141. The van der Waals surface area contributed by atoms with Crippen LogP contribution >= 0.6 is 46.4 Å². The van der Waals surface area contributed by atoms with E-state index in [1.165, 1.54) is 0 Å². The molecule has 1 N–H and O–H groups in total. The van der Waals surface area contributed by atoms with Crippen molar-refractivity contribution in [1.29, 1.82) is 0 Å². The maximum absolute atomic E-state index is 13.3. The smallest absolute Gasteiger partial charge is 0.242 e. The lowest BCUT2D eigenvalue weighted by atomic mass is 10.1. The fourth-order valence-corrected chi connectivity index (χ4v) is 3.90. The largest absolute Gasteiger partial charge is 0.354 e. The Morgan fingerprint density at radius 3 is 2.26 bits per heavy atom. The maximum Gasteiger partial charge on any atom is 0.242 e. The molecule has 0 aromatic heterocycles. The van der Waals surface area contributed by atoms with Crippen LogP contribution in [0, 0.1) is 5.92 Å². The Kier molecular flexibility index (Phi) is 9.95. The van der Waals surface area contributed by atoms with Crippen molar-refractivity contribution in [2.45, 2.75) is 46.2 Å². The second-order valence-corrected chi connectivity index (χ2v) is 9.40. The lowest BCUT2D eigenvalue weighted by Gasteiger charge is -2.31. The summed E-state index contributed by atoms with van der Waals surface area (Å²) >= 11 is 24.4. The highest BCUT2D eigenvalue weighted by Gasteiger charge is 2.29. The van der Waals surface area contributed by atoms with Crippen LogP contribution in [0.3, 0.4) is 0 Å². The maximum atomic E-state index is 13.3. The second kappa shape index (κ2) is 12.0. The number of nitrogens with zero attached hydrogens (tertiary/aromatic N) is 1. The van der Waals surface area contributed by atoms with Gasteiger partial charge in [0.1, 0.15) is 6.04 Å². The molecule has 0 saturated heterocycles. The van der Waals surface area contributed by atoms with Gasteiger partial charge in [0.2, 0.25) is 11.8 Å². The molecule has 0 saturated carbocycles. The molecule has 4 nitrogen and oxygen atoms in total. The standard InChI is InChI=1S/C23H26Cl4N2O2/c1-4-21(23(31)28-12-14(2)3)29(13-15-5-8-18(25)20(27)9-15)22(30)10-16-6-7-17(24)11-19(16)26/h5-9,11,14,21H,4,10,12-13H2,1-3H3,(H,28,31)/t21-/m0/s1. The molecule has 2 aromatic rings.